The van der Waals surface area contributed by atoms with Gasteiger partial charge in [0.15, 0.2) is 0 Å². The molecule has 0 bridgehead atoms. The lowest BCUT2D eigenvalue weighted by Gasteiger charge is -2.43. The molecule has 1 fully saturated rings. The van der Waals surface area contributed by atoms with Crippen molar-refractivity contribution < 1.29 is 4.74 Å². The molecule has 0 aromatic heterocycles. The molecule has 2 heteroatoms. The van der Waals surface area contributed by atoms with E-state index in [4.69, 9.17) is 16.9 Å². The molecule has 1 rings (SSSR count). The Hall–Kier alpha value is -0.520. The summed E-state index contributed by atoms with van der Waals surface area (Å²) in [6.45, 7) is 2.28. The molecule has 86 valence electrons. The summed E-state index contributed by atoms with van der Waals surface area (Å²) in [4.78, 5) is 0. The fraction of sp³-hybridized carbons (Fsp3) is 0.846. The first-order valence-electron chi connectivity index (χ1n) is 5.89. The average Bonchev–Trinajstić information content (AvgIpc) is 2.25. The van der Waals surface area contributed by atoms with Crippen LogP contribution >= 0.6 is 0 Å². The molecule has 3 unspecified atom stereocenters. The fourth-order valence-corrected chi connectivity index (χ4v) is 2.72. The van der Waals surface area contributed by atoms with Gasteiger partial charge in [-0.25, -0.2) is 0 Å². The Labute approximate surface area is 93.6 Å². The van der Waals surface area contributed by atoms with Crippen LogP contribution in [0.5, 0.6) is 0 Å². The van der Waals surface area contributed by atoms with Gasteiger partial charge in [-0.05, 0) is 25.2 Å². The quantitative estimate of drug-likeness (QED) is 0.721. The van der Waals surface area contributed by atoms with Gasteiger partial charge in [0.25, 0.3) is 0 Å². The van der Waals surface area contributed by atoms with Crippen LogP contribution in [0.2, 0.25) is 0 Å². The Morgan fingerprint density at radius 1 is 1.67 bits per heavy atom. The van der Waals surface area contributed by atoms with Gasteiger partial charge < -0.3 is 10.5 Å². The van der Waals surface area contributed by atoms with E-state index in [0.29, 0.717) is 0 Å². The van der Waals surface area contributed by atoms with Crippen LogP contribution in [0, 0.1) is 18.3 Å². The number of methoxy groups -OCH3 is 1. The monoisotopic (exact) mass is 209 g/mol. The van der Waals surface area contributed by atoms with E-state index in [0.717, 1.165) is 31.6 Å². The molecule has 2 N–H and O–H groups in total. The zero-order valence-corrected chi connectivity index (χ0v) is 9.96. The lowest BCUT2D eigenvalue weighted by atomic mass is 9.74. The molecule has 0 saturated heterocycles. The summed E-state index contributed by atoms with van der Waals surface area (Å²) in [6, 6.07) is 0.0845. The Morgan fingerprint density at radius 2 is 2.40 bits per heavy atom. The summed E-state index contributed by atoms with van der Waals surface area (Å²) < 4.78 is 5.71. The van der Waals surface area contributed by atoms with E-state index >= 15 is 0 Å². The molecule has 0 spiro atoms. The van der Waals surface area contributed by atoms with E-state index in [1.54, 1.807) is 7.11 Å². The maximum atomic E-state index is 6.22. The second-order valence-corrected chi connectivity index (χ2v) is 4.82. The SMILES string of the molecule is C#CCCC(N)C1(OC)CCCC(C)C1. The Kier molecular flexibility index (Phi) is 4.63. The lowest BCUT2D eigenvalue weighted by molar-refractivity contribution is -0.0719. The smallest absolute Gasteiger partial charge is 0.0831 e. The number of hydrogen-bond donors (Lipinski definition) is 1. The predicted molar refractivity (Wildman–Crippen MR) is 63.4 cm³/mol. The molecular formula is C13H23NO. The molecule has 0 heterocycles. The number of ether oxygens (including phenoxy) is 1. The standard InChI is InChI=1S/C13H23NO/c1-4-5-8-12(14)13(15-3)9-6-7-11(2)10-13/h1,11-12H,5-10,14H2,2-3H3. The summed E-state index contributed by atoms with van der Waals surface area (Å²) in [5, 5.41) is 0. The highest BCUT2D eigenvalue weighted by atomic mass is 16.5. The molecule has 1 aliphatic rings. The van der Waals surface area contributed by atoms with Gasteiger partial charge >= 0.3 is 0 Å². The van der Waals surface area contributed by atoms with Gasteiger partial charge in [-0.1, -0.05) is 19.8 Å². The first-order valence-corrected chi connectivity index (χ1v) is 5.89. The molecule has 0 amide bonds. The zero-order valence-electron chi connectivity index (χ0n) is 9.96. The minimum Gasteiger partial charge on any atom is -0.377 e. The Balaban J connectivity index is 2.62. The third-order valence-corrected chi connectivity index (χ3v) is 3.67. The van der Waals surface area contributed by atoms with Crippen LogP contribution in [0.4, 0.5) is 0 Å². The maximum Gasteiger partial charge on any atom is 0.0831 e. The molecule has 15 heavy (non-hydrogen) atoms. The van der Waals surface area contributed by atoms with Crippen molar-refractivity contribution in [1.82, 2.24) is 0 Å². The maximum absolute atomic E-state index is 6.22. The van der Waals surface area contributed by atoms with E-state index < -0.39 is 0 Å². The normalized spacial score (nSPS) is 33.3. The van der Waals surface area contributed by atoms with Gasteiger partial charge in [0, 0.05) is 19.6 Å². The van der Waals surface area contributed by atoms with Crippen LogP contribution < -0.4 is 5.73 Å². The van der Waals surface area contributed by atoms with Crippen LogP contribution in [-0.2, 0) is 4.74 Å². The van der Waals surface area contributed by atoms with Gasteiger partial charge in [-0.2, -0.15) is 0 Å². The molecular weight excluding hydrogens is 186 g/mol. The van der Waals surface area contributed by atoms with Crippen LogP contribution in [0.1, 0.15) is 45.4 Å². The molecule has 0 radical (unpaired) electrons. The number of terminal acetylenes is 1. The first kappa shape index (κ1) is 12.5. The summed E-state index contributed by atoms with van der Waals surface area (Å²) in [5.41, 5.74) is 6.11. The predicted octanol–water partition coefficient (Wildman–Crippen LogP) is 2.32. The van der Waals surface area contributed by atoms with Crippen molar-refractivity contribution in [2.75, 3.05) is 7.11 Å². The van der Waals surface area contributed by atoms with Crippen LogP contribution in [0.15, 0.2) is 0 Å². The van der Waals surface area contributed by atoms with E-state index in [2.05, 4.69) is 12.8 Å². The minimum atomic E-state index is -0.117. The number of hydrogen-bond acceptors (Lipinski definition) is 2. The summed E-state index contributed by atoms with van der Waals surface area (Å²) in [5.74, 6) is 3.37. The lowest BCUT2D eigenvalue weighted by Crippen LogP contribution is -2.52. The van der Waals surface area contributed by atoms with Gasteiger partial charge in [-0.15, -0.1) is 12.3 Å². The van der Waals surface area contributed by atoms with E-state index in [-0.39, 0.29) is 11.6 Å². The summed E-state index contributed by atoms with van der Waals surface area (Å²) in [7, 11) is 1.79. The third-order valence-electron chi connectivity index (χ3n) is 3.67. The molecule has 0 aromatic rings. The van der Waals surface area contributed by atoms with Crippen molar-refractivity contribution in [2.24, 2.45) is 11.7 Å². The zero-order chi connectivity index (χ0) is 11.3. The molecule has 1 saturated carbocycles. The summed E-state index contributed by atoms with van der Waals surface area (Å²) in [6.07, 6.45) is 11.6. The van der Waals surface area contributed by atoms with Crippen molar-refractivity contribution in [1.29, 1.82) is 0 Å². The van der Waals surface area contributed by atoms with Crippen molar-refractivity contribution in [2.45, 2.75) is 57.1 Å². The van der Waals surface area contributed by atoms with Gasteiger partial charge in [-0.3, -0.25) is 0 Å². The average molecular weight is 209 g/mol. The topological polar surface area (TPSA) is 35.2 Å². The molecule has 0 aromatic carbocycles. The van der Waals surface area contributed by atoms with E-state index in [9.17, 15) is 0 Å². The fourth-order valence-electron chi connectivity index (χ4n) is 2.72. The largest absolute Gasteiger partial charge is 0.377 e. The van der Waals surface area contributed by atoms with Crippen molar-refractivity contribution >= 4 is 0 Å². The second-order valence-electron chi connectivity index (χ2n) is 4.82. The van der Waals surface area contributed by atoms with E-state index in [1.807, 2.05) is 0 Å². The summed E-state index contributed by atoms with van der Waals surface area (Å²) >= 11 is 0. The number of rotatable bonds is 4. The van der Waals surface area contributed by atoms with Gasteiger partial charge in [0.1, 0.15) is 0 Å². The number of nitrogens with two attached hydrogens (primary N) is 1. The van der Waals surface area contributed by atoms with Crippen molar-refractivity contribution in [3.8, 4) is 12.3 Å². The highest BCUT2D eigenvalue weighted by Crippen LogP contribution is 2.37. The molecule has 2 nitrogen and oxygen atoms in total. The van der Waals surface area contributed by atoms with Crippen LogP contribution in [0.3, 0.4) is 0 Å². The molecule has 1 aliphatic carbocycles. The van der Waals surface area contributed by atoms with Gasteiger partial charge in [0.2, 0.25) is 0 Å². The highest BCUT2D eigenvalue weighted by Gasteiger charge is 2.39. The minimum absolute atomic E-state index is 0.0845. The molecule has 3 atom stereocenters. The van der Waals surface area contributed by atoms with Crippen molar-refractivity contribution in [3.05, 3.63) is 0 Å². The van der Waals surface area contributed by atoms with Crippen molar-refractivity contribution in [3.63, 3.8) is 0 Å². The first-order chi connectivity index (χ1) is 7.14. The highest BCUT2D eigenvalue weighted by molar-refractivity contribution is 4.97. The Bertz CT molecular complexity index is 233. The van der Waals surface area contributed by atoms with E-state index in [1.165, 1.54) is 12.8 Å². The van der Waals surface area contributed by atoms with Gasteiger partial charge in [0.05, 0.1) is 5.60 Å². The Morgan fingerprint density at radius 3 is 2.93 bits per heavy atom. The van der Waals surface area contributed by atoms with Crippen LogP contribution in [0.25, 0.3) is 0 Å². The third kappa shape index (κ3) is 2.96. The molecule has 0 aliphatic heterocycles. The second kappa shape index (κ2) is 5.53. The van der Waals surface area contributed by atoms with Crippen LogP contribution in [-0.4, -0.2) is 18.8 Å².